The third kappa shape index (κ3) is 7.03. The van der Waals surface area contributed by atoms with Crippen LogP contribution in [0.4, 0.5) is 15.8 Å². The predicted molar refractivity (Wildman–Crippen MR) is 211 cm³/mol. The van der Waals surface area contributed by atoms with Crippen molar-refractivity contribution in [1.82, 2.24) is 9.80 Å². The second-order valence-electron chi connectivity index (χ2n) is 16.4. The molecule has 0 radical (unpaired) electrons. The highest BCUT2D eigenvalue weighted by Gasteiger charge is 2.39. The summed E-state index contributed by atoms with van der Waals surface area (Å²) in [5.74, 6) is 0.678. The number of hydrogen-bond acceptors (Lipinski definition) is 7. The van der Waals surface area contributed by atoms with Crippen LogP contribution in [0.3, 0.4) is 0 Å². The summed E-state index contributed by atoms with van der Waals surface area (Å²) in [4.78, 5) is 46.3. The normalized spacial score (nSPS) is 23.6. The topological polar surface area (TPSA) is 84.4 Å². The van der Waals surface area contributed by atoms with Gasteiger partial charge in [-0.05, 0) is 114 Å². The van der Waals surface area contributed by atoms with Crippen LogP contribution in [0.2, 0.25) is 0 Å². The van der Waals surface area contributed by atoms with Gasteiger partial charge in [0, 0.05) is 75.9 Å². The molecule has 4 aromatic carbocycles. The van der Waals surface area contributed by atoms with Crippen molar-refractivity contribution in [3.63, 3.8) is 0 Å². The van der Waals surface area contributed by atoms with Gasteiger partial charge in [0.1, 0.15) is 17.3 Å². The number of piperazine rings is 1. The number of nitrogens with zero attached hydrogens (tertiary/aromatic N) is 4. The van der Waals surface area contributed by atoms with Crippen molar-refractivity contribution in [1.29, 1.82) is 0 Å². The van der Waals surface area contributed by atoms with Gasteiger partial charge < -0.3 is 19.8 Å². The second kappa shape index (κ2) is 14.9. The summed E-state index contributed by atoms with van der Waals surface area (Å²) in [6, 6.07) is 27.7. The van der Waals surface area contributed by atoms with Gasteiger partial charge >= 0.3 is 0 Å². The molecule has 0 bridgehead atoms. The Balaban J connectivity index is 0.795. The molecule has 0 spiro atoms. The van der Waals surface area contributed by atoms with Gasteiger partial charge in [0.15, 0.2) is 5.78 Å². The fourth-order valence-electron chi connectivity index (χ4n) is 10.1. The number of piperidine rings is 1. The molecule has 3 atom stereocenters. The molecule has 1 amide bonds. The van der Waals surface area contributed by atoms with Crippen molar-refractivity contribution in [2.45, 2.75) is 69.4 Å². The lowest BCUT2D eigenvalue weighted by Crippen LogP contribution is -2.49. The van der Waals surface area contributed by atoms with Gasteiger partial charge in [0.25, 0.3) is 5.91 Å². The Morgan fingerprint density at radius 1 is 0.709 bits per heavy atom. The highest BCUT2D eigenvalue weighted by atomic mass is 19.1. The quantitative estimate of drug-likeness (QED) is 0.203. The molecule has 3 fully saturated rings. The van der Waals surface area contributed by atoms with Crippen molar-refractivity contribution in [2.24, 2.45) is 5.92 Å². The first kappa shape index (κ1) is 35.7. The number of benzene rings is 4. The molecule has 1 saturated carbocycles. The molecule has 8 nitrogen and oxygen atoms in total. The maximum absolute atomic E-state index is 16.1. The molecule has 1 N–H and O–H groups in total. The Kier molecular flexibility index (Phi) is 9.67. The average molecular weight is 741 g/mol. The predicted octanol–water partition coefficient (Wildman–Crippen LogP) is 7.08. The van der Waals surface area contributed by atoms with Crippen molar-refractivity contribution < 1.29 is 23.9 Å². The minimum absolute atomic E-state index is 0.0194. The van der Waals surface area contributed by atoms with E-state index in [-0.39, 0.29) is 47.3 Å². The molecule has 2 aliphatic carbocycles. The maximum Gasteiger partial charge on any atom is 0.255 e. The van der Waals surface area contributed by atoms with E-state index >= 15 is 4.39 Å². The first-order valence-electron chi connectivity index (χ1n) is 20.2. The minimum Gasteiger partial charge on any atom is -0.508 e. The zero-order chi connectivity index (χ0) is 37.6. The third-order valence-electron chi connectivity index (χ3n) is 13.1. The fourth-order valence-corrected chi connectivity index (χ4v) is 10.1. The Morgan fingerprint density at radius 3 is 2.27 bits per heavy atom. The van der Waals surface area contributed by atoms with Crippen LogP contribution in [0, 0.1) is 11.7 Å². The Labute approximate surface area is 322 Å². The van der Waals surface area contributed by atoms with E-state index in [1.165, 1.54) is 11.1 Å². The number of amides is 1. The summed E-state index contributed by atoms with van der Waals surface area (Å²) in [5, 5.41) is 10.2. The first-order chi connectivity index (χ1) is 26.8. The number of Topliss-reactive ketones (excluding diaryl/α,β-unsaturated/α-hetero) is 2. The lowest BCUT2D eigenvalue weighted by molar-refractivity contribution is -0.133. The molecule has 0 aromatic heterocycles. The van der Waals surface area contributed by atoms with Crippen LogP contribution in [0.15, 0.2) is 84.9 Å². The number of carbonyl (C=O) groups is 3. The minimum atomic E-state index is -0.494. The third-order valence-corrected chi connectivity index (χ3v) is 13.1. The Morgan fingerprint density at radius 2 is 1.51 bits per heavy atom. The van der Waals surface area contributed by atoms with Crippen LogP contribution in [-0.2, 0) is 22.6 Å². The maximum atomic E-state index is 16.1. The lowest BCUT2D eigenvalue weighted by Gasteiger charge is -2.40. The summed E-state index contributed by atoms with van der Waals surface area (Å²) in [7, 11) is 0. The SMILES string of the molecule is O=C1CCC(N2Cc3cc(N4CCN(CC5CCN(c6ccc([C@H]7c8ccc(O)cc8CC[C@H]7c7ccccc7)cc6F)CC5)CC4)ccc3C2=O)C(=O)C1. The van der Waals surface area contributed by atoms with Gasteiger partial charge in [0.05, 0.1) is 18.2 Å². The molecule has 1 unspecified atom stereocenters. The van der Waals surface area contributed by atoms with Gasteiger partial charge in [-0.2, -0.15) is 0 Å². The van der Waals surface area contributed by atoms with E-state index in [1.54, 1.807) is 17.0 Å². The Bertz CT molecular complexity index is 2110. The number of anilines is 2. The smallest absolute Gasteiger partial charge is 0.255 e. The van der Waals surface area contributed by atoms with Gasteiger partial charge in [-0.25, -0.2) is 4.39 Å². The number of hydrogen-bond donors (Lipinski definition) is 1. The van der Waals surface area contributed by atoms with Crippen LogP contribution < -0.4 is 9.80 Å². The van der Waals surface area contributed by atoms with Gasteiger partial charge in [-0.1, -0.05) is 42.5 Å². The zero-order valence-electron chi connectivity index (χ0n) is 31.3. The number of phenols is 1. The number of phenolic OH excluding ortho intramolecular Hbond substituents is 1. The van der Waals surface area contributed by atoms with E-state index in [1.807, 2.05) is 36.4 Å². The molecule has 4 aromatic rings. The van der Waals surface area contributed by atoms with Crippen LogP contribution in [-0.4, -0.2) is 84.2 Å². The fraction of sp³-hybridized carbons (Fsp3) is 0.413. The summed E-state index contributed by atoms with van der Waals surface area (Å²) in [6.07, 6.45) is 4.62. The zero-order valence-corrected chi connectivity index (χ0v) is 31.3. The van der Waals surface area contributed by atoms with Gasteiger partial charge in [-0.15, -0.1) is 0 Å². The van der Waals surface area contributed by atoms with E-state index in [0.717, 1.165) is 93.9 Å². The van der Waals surface area contributed by atoms with Crippen LogP contribution in [0.25, 0.3) is 0 Å². The van der Waals surface area contributed by atoms with E-state index in [2.05, 4.69) is 51.1 Å². The standard InChI is InChI=1S/C46H49FN4O4/c47-41-26-33(45-38(31-4-2-1-3-5-31)11-6-32-25-36(52)9-13-39(32)45)7-14-42(41)50-18-16-30(17-19-50)28-48-20-22-49(23-21-48)35-8-12-40-34(24-35)29-51(46(40)55)43-15-10-37(53)27-44(43)54/h1-5,7-9,12-14,24-26,30,38,43,45,52H,6,10-11,15-23,27-29H2/t38-,43?,45+/m0/s1. The van der Waals surface area contributed by atoms with Crippen molar-refractivity contribution in [2.75, 3.05) is 55.6 Å². The number of aromatic hydroxyl groups is 1. The van der Waals surface area contributed by atoms with Gasteiger partial charge in [-0.3, -0.25) is 19.3 Å². The van der Waals surface area contributed by atoms with Crippen LogP contribution >= 0.6 is 0 Å². The molecule has 9 heteroatoms. The molecular weight excluding hydrogens is 692 g/mol. The van der Waals surface area contributed by atoms with Crippen molar-refractivity contribution >= 4 is 28.8 Å². The van der Waals surface area contributed by atoms with Crippen molar-refractivity contribution in [3.05, 3.63) is 124 Å². The number of ketones is 2. The van der Waals surface area contributed by atoms with E-state index in [9.17, 15) is 19.5 Å². The van der Waals surface area contributed by atoms with E-state index in [4.69, 9.17) is 0 Å². The lowest BCUT2D eigenvalue weighted by atomic mass is 9.69. The molecular formula is C46H49FN4O4. The number of rotatable bonds is 7. The van der Waals surface area contributed by atoms with Crippen LogP contribution in [0.5, 0.6) is 5.75 Å². The number of halogens is 1. The Hall–Kier alpha value is -5.02. The number of fused-ring (bicyclic) bond motifs is 2. The van der Waals surface area contributed by atoms with Crippen LogP contribution in [0.1, 0.15) is 88.5 Å². The van der Waals surface area contributed by atoms with Gasteiger partial charge in [0.2, 0.25) is 0 Å². The molecule has 284 valence electrons. The molecule has 3 heterocycles. The largest absolute Gasteiger partial charge is 0.508 e. The number of aryl methyl sites for hydroxylation is 1. The molecule has 2 saturated heterocycles. The first-order valence-corrected chi connectivity index (χ1v) is 20.2. The second-order valence-corrected chi connectivity index (χ2v) is 16.4. The van der Waals surface area contributed by atoms with E-state index < -0.39 is 6.04 Å². The molecule has 5 aliphatic rings. The molecule has 55 heavy (non-hydrogen) atoms. The average Bonchev–Trinajstić information content (AvgIpc) is 3.53. The summed E-state index contributed by atoms with van der Waals surface area (Å²) in [5.41, 5.74) is 8.01. The summed E-state index contributed by atoms with van der Waals surface area (Å²) < 4.78 is 16.1. The summed E-state index contributed by atoms with van der Waals surface area (Å²) >= 11 is 0. The monoisotopic (exact) mass is 740 g/mol. The highest BCUT2D eigenvalue weighted by molar-refractivity contribution is 6.07. The highest BCUT2D eigenvalue weighted by Crippen LogP contribution is 2.47. The van der Waals surface area contributed by atoms with Crippen molar-refractivity contribution in [3.8, 4) is 5.75 Å². The number of carbonyl (C=O) groups excluding carboxylic acids is 3. The van der Waals surface area contributed by atoms with E-state index in [0.29, 0.717) is 36.6 Å². The molecule has 9 rings (SSSR count). The molecule has 3 aliphatic heterocycles. The summed E-state index contributed by atoms with van der Waals surface area (Å²) in [6.45, 7) is 6.91.